The predicted molar refractivity (Wildman–Crippen MR) is 84.5 cm³/mol. The molecule has 4 heteroatoms. The van der Waals surface area contributed by atoms with Gasteiger partial charge in [0.25, 0.3) is 5.91 Å². The van der Waals surface area contributed by atoms with Crippen molar-refractivity contribution in [1.82, 2.24) is 5.32 Å². The second-order valence-electron chi connectivity index (χ2n) is 5.79. The van der Waals surface area contributed by atoms with E-state index < -0.39 is 0 Å². The molecule has 0 bridgehead atoms. The molecule has 3 nitrogen and oxygen atoms in total. The summed E-state index contributed by atoms with van der Waals surface area (Å²) < 4.78 is 0. The van der Waals surface area contributed by atoms with Crippen LogP contribution in [-0.4, -0.2) is 19.5 Å². The molecule has 0 saturated heterocycles. The number of anilines is 1. The Kier molecular flexibility index (Phi) is 5.30. The quantitative estimate of drug-likeness (QED) is 0.883. The highest BCUT2D eigenvalue weighted by molar-refractivity contribution is 6.33. The molecule has 0 spiro atoms. The van der Waals surface area contributed by atoms with Crippen LogP contribution in [0.3, 0.4) is 0 Å². The third-order valence-corrected chi connectivity index (χ3v) is 4.41. The molecule has 2 rings (SSSR count). The molecule has 1 fully saturated rings. The van der Waals surface area contributed by atoms with Crippen LogP contribution in [-0.2, 0) is 0 Å². The molecular formula is C16H23ClN2O. The van der Waals surface area contributed by atoms with Gasteiger partial charge < -0.3 is 10.6 Å². The molecule has 2 N–H and O–H groups in total. The lowest BCUT2D eigenvalue weighted by molar-refractivity contribution is 0.0963. The number of rotatable bonds is 4. The van der Waals surface area contributed by atoms with Crippen molar-refractivity contribution in [2.24, 2.45) is 11.8 Å². The minimum atomic E-state index is -0.0870. The van der Waals surface area contributed by atoms with Crippen LogP contribution in [0, 0.1) is 11.8 Å². The minimum absolute atomic E-state index is 0.0870. The number of carbonyl (C=O) groups excluding carboxylic acids is 1. The van der Waals surface area contributed by atoms with Gasteiger partial charge in [-0.2, -0.15) is 0 Å². The lowest BCUT2D eigenvalue weighted by Crippen LogP contribution is -2.21. The fourth-order valence-electron chi connectivity index (χ4n) is 2.95. The van der Waals surface area contributed by atoms with E-state index >= 15 is 0 Å². The zero-order chi connectivity index (χ0) is 14.5. The summed E-state index contributed by atoms with van der Waals surface area (Å²) in [5.74, 6) is 1.44. The molecule has 2 unspecified atom stereocenters. The number of benzene rings is 1. The van der Waals surface area contributed by atoms with E-state index in [1.807, 2.05) is 6.07 Å². The van der Waals surface area contributed by atoms with E-state index in [2.05, 4.69) is 17.6 Å². The number of amides is 1. The van der Waals surface area contributed by atoms with E-state index in [1.165, 1.54) is 25.7 Å². The van der Waals surface area contributed by atoms with Gasteiger partial charge in [0, 0.05) is 19.2 Å². The largest absolute Gasteiger partial charge is 0.384 e. The average Bonchev–Trinajstić information content (AvgIpc) is 2.45. The Bertz CT molecular complexity index is 476. The summed E-state index contributed by atoms with van der Waals surface area (Å²) in [7, 11) is 1.63. The molecule has 1 aromatic rings. The molecule has 1 aromatic carbocycles. The van der Waals surface area contributed by atoms with Gasteiger partial charge in [0.2, 0.25) is 0 Å². The van der Waals surface area contributed by atoms with Crippen LogP contribution in [0.25, 0.3) is 0 Å². The highest BCUT2D eigenvalue weighted by Crippen LogP contribution is 2.30. The van der Waals surface area contributed by atoms with Crippen molar-refractivity contribution in [3.63, 3.8) is 0 Å². The maximum Gasteiger partial charge on any atom is 0.251 e. The van der Waals surface area contributed by atoms with E-state index in [9.17, 15) is 4.79 Å². The molecule has 0 aromatic heterocycles. The van der Waals surface area contributed by atoms with E-state index in [4.69, 9.17) is 11.6 Å². The fraction of sp³-hybridized carbons (Fsp3) is 0.562. The monoisotopic (exact) mass is 294 g/mol. The number of nitrogens with one attached hydrogen (secondary N) is 2. The average molecular weight is 295 g/mol. The van der Waals surface area contributed by atoms with Gasteiger partial charge in [-0.3, -0.25) is 4.79 Å². The first-order valence-corrected chi connectivity index (χ1v) is 7.73. The molecule has 1 saturated carbocycles. The molecule has 20 heavy (non-hydrogen) atoms. The Hall–Kier alpha value is -1.22. The second-order valence-corrected chi connectivity index (χ2v) is 6.20. The summed E-state index contributed by atoms with van der Waals surface area (Å²) in [6, 6.07) is 5.35. The van der Waals surface area contributed by atoms with Gasteiger partial charge in [-0.25, -0.2) is 0 Å². The van der Waals surface area contributed by atoms with Crippen LogP contribution in [0.5, 0.6) is 0 Å². The zero-order valence-corrected chi connectivity index (χ0v) is 13.0. The topological polar surface area (TPSA) is 41.1 Å². The molecule has 0 aliphatic heterocycles. The first-order valence-electron chi connectivity index (χ1n) is 7.35. The molecule has 2 atom stereocenters. The third kappa shape index (κ3) is 3.89. The van der Waals surface area contributed by atoms with E-state index in [0.29, 0.717) is 16.5 Å². The highest BCUT2D eigenvalue weighted by atomic mass is 35.5. The normalized spacial score (nSPS) is 22.4. The van der Waals surface area contributed by atoms with Gasteiger partial charge in [0.15, 0.2) is 0 Å². The van der Waals surface area contributed by atoms with Gasteiger partial charge in [-0.15, -0.1) is 0 Å². The Labute approximate surface area is 126 Å². The van der Waals surface area contributed by atoms with Gasteiger partial charge in [0.05, 0.1) is 10.7 Å². The maximum atomic E-state index is 11.6. The molecule has 1 aliphatic rings. The summed E-state index contributed by atoms with van der Waals surface area (Å²) in [6.45, 7) is 3.26. The van der Waals surface area contributed by atoms with E-state index in [1.54, 1.807) is 19.2 Å². The van der Waals surface area contributed by atoms with Crippen molar-refractivity contribution >= 4 is 23.2 Å². The Balaban J connectivity index is 1.99. The molecule has 1 aliphatic carbocycles. The van der Waals surface area contributed by atoms with Crippen molar-refractivity contribution in [2.75, 3.05) is 18.9 Å². The van der Waals surface area contributed by atoms with E-state index in [-0.39, 0.29) is 5.91 Å². The Morgan fingerprint density at radius 2 is 2.20 bits per heavy atom. The number of hydrogen-bond donors (Lipinski definition) is 2. The van der Waals surface area contributed by atoms with Crippen LogP contribution in [0.1, 0.15) is 43.0 Å². The van der Waals surface area contributed by atoms with Gasteiger partial charge in [-0.1, -0.05) is 31.4 Å². The summed E-state index contributed by atoms with van der Waals surface area (Å²) >= 11 is 6.20. The van der Waals surface area contributed by atoms with Crippen LogP contribution < -0.4 is 10.6 Å². The van der Waals surface area contributed by atoms with Crippen LogP contribution in [0.4, 0.5) is 5.69 Å². The van der Waals surface area contributed by atoms with Crippen molar-refractivity contribution in [2.45, 2.75) is 32.6 Å². The van der Waals surface area contributed by atoms with Crippen LogP contribution in [0.15, 0.2) is 18.2 Å². The maximum absolute atomic E-state index is 11.6. The lowest BCUT2D eigenvalue weighted by atomic mass is 9.82. The first-order chi connectivity index (χ1) is 9.60. The highest BCUT2D eigenvalue weighted by Gasteiger charge is 2.19. The molecule has 1 amide bonds. The molecular weight excluding hydrogens is 272 g/mol. The molecule has 0 heterocycles. The summed E-state index contributed by atoms with van der Waals surface area (Å²) in [6.07, 6.45) is 5.23. The summed E-state index contributed by atoms with van der Waals surface area (Å²) in [5, 5.41) is 6.71. The standard InChI is InChI=1S/C16H23ClN2O/c1-11-4-3-5-12(8-11)10-19-15-9-13(16(20)18-2)6-7-14(15)17/h6-7,9,11-12,19H,3-5,8,10H2,1-2H3,(H,18,20). The third-order valence-electron chi connectivity index (χ3n) is 4.08. The van der Waals surface area contributed by atoms with Crippen LogP contribution in [0.2, 0.25) is 5.02 Å². The summed E-state index contributed by atoms with van der Waals surface area (Å²) in [5.41, 5.74) is 1.49. The van der Waals surface area contributed by atoms with E-state index in [0.717, 1.165) is 18.2 Å². The molecule has 110 valence electrons. The number of carbonyl (C=O) groups is 1. The number of hydrogen-bond acceptors (Lipinski definition) is 2. The Morgan fingerprint density at radius 3 is 2.90 bits per heavy atom. The minimum Gasteiger partial charge on any atom is -0.384 e. The molecule has 0 radical (unpaired) electrons. The fourth-order valence-corrected chi connectivity index (χ4v) is 3.13. The second kappa shape index (κ2) is 6.98. The first kappa shape index (κ1) is 15.2. The van der Waals surface area contributed by atoms with Gasteiger partial charge in [0.1, 0.15) is 0 Å². The number of halogens is 1. The van der Waals surface area contributed by atoms with Gasteiger partial charge in [-0.05, 0) is 42.9 Å². The van der Waals surface area contributed by atoms with Crippen molar-refractivity contribution in [3.05, 3.63) is 28.8 Å². The zero-order valence-electron chi connectivity index (χ0n) is 12.2. The lowest BCUT2D eigenvalue weighted by Gasteiger charge is -2.27. The Morgan fingerprint density at radius 1 is 1.40 bits per heavy atom. The van der Waals surface area contributed by atoms with Crippen molar-refractivity contribution in [1.29, 1.82) is 0 Å². The smallest absolute Gasteiger partial charge is 0.251 e. The SMILES string of the molecule is CNC(=O)c1ccc(Cl)c(NCC2CCCC(C)C2)c1. The van der Waals surface area contributed by atoms with Crippen LogP contribution >= 0.6 is 11.6 Å². The predicted octanol–water partition coefficient (Wildman–Crippen LogP) is 3.94. The van der Waals surface area contributed by atoms with Crippen molar-refractivity contribution in [3.8, 4) is 0 Å². The summed E-state index contributed by atoms with van der Waals surface area (Å²) in [4.78, 5) is 11.6. The van der Waals surface area contributed by atoms with Gasteiger partial charge >= 0.3 is 0 Å². The van der Waals surface area contributed by atoms with Crippen molar-refractivity contribution < 1.29 is 4.79 Å².